The van der Waals surface area contributed by atoms with Gasteiger partial charge in [-0.3, -0.25) is 0 Å². The van der Waals surface area contributed by atoms with E-state index >= 15 is 0 Å². The van der Waals surface area contributed by atoms with Gasteiger partial charge >= 0.3 is 6.01 Å². The van der Waals surface area contributed by atoms with Crippen molar-refractivity contribution in [1.29, 1.82) is 0 Å². The molecule has 0 saturated heterocycles. The van der Waals surface area contributed by atoms with E-state index in [4.69, 9.17) is 4.42 Å². The van der Waals surface area contributed by atoms with Crippen molar-refractivity contribution in [2.24, 2.45) is 0 Å². The number of anilines is 1. The molecule has 7 heteroatoms. The van der Waals surface area contributed by atoms with Gasteiger partial charge in [-0.15, -0.1) is 5.10 Å². The summed E-state index contributed by atoms with van der Waals surface area (Å²) in [6.45, 7) is 7.43. The maximum absolute atomic E-state index is 5.56. The minimum Gasteiger partial charge on any atom is -0.406 e. The molecule has 2 rings (SSSR count). The second kappa shape index (κ2) is 6.95. The molecule has 108 valence electrons. The van der Waals surface area contributed by atoms with E-state index in [0.29, 0.717) is 18.5 Å². The number of rotatable bonds is 7. The Bertz CT molecular complexity index is 541. The van der Waals surface area contributed by atoms with Crippen LogP contribution in [0.5, 0.6) is 0 Å². The molecule has 0 saturated carbocycles. The summed E-state index contributed by atoms with van der Waals surface area (Å²) in [4.78, 5) is 8.35. The number of hydrogen-bond donors (Lipinski definition) is 2. The van der Waals surface area contributed by atoms with Gasteiger partial charge in [0.15, 0.2) is 0 Å². The van der Waals surface area contributed by atoms with Crippen LogP contribution in [0.2, 0.25) is 0 Å². The largest absolute Gasteiger partial charge is 0.406 e. The Balaban J connectivity index is 1.89. The number of nitrogens with one attached hydrogen (secondary N) is 2. The van der Waals surface area contributed by atoms with Crippen LogP contribution < -0.4 is 10.6 Å². The predicted octanol–water partition coefficient (Wildman–Crippen LogP) is 1.84. The topological polar surface area (TPSA) is 88.8 Å². The van der Waals surface area contributed by atoms with E-state index in [0.717, 1.165) is 24.5 Å². The lowest BCUT2D eigenvalue weighted by molar-refractivity contribution is 0.423. The molecule has 0 aliphatic heterocycles. The SMILES string of the molecule is CCCNC(C)c1nnc(NCc2ccnc(C)n2)o1. The molecule has 0 aliphatic rings. The monoisotopic (exact) mass is 276 g/mol. The average Bonchev–Trinajstić information content (AvgIpc) is 2.91. The number of aryl methyl sites for hydroxylation is 1. The molecule has 2 aromatic heterocycles. The maximum Gasteiger partial charge on any atom is 0.315 e. The highest BCUT2D eigenvalue weighted by Crippen LogP contribution is 2.14. The number of nitrogens with zero attached hydrogens (tertiary/aromatic N) is 4. The number of aromatic nitrogens is 4. The first kappa shape index (κ1) is 14.4. The van der Waals surface area contributed by atoms with Crippen molar-refractivity contribution < 1.29 is 4.42 Å². The van der Waals surface area contributed by atoms with E-state index in [-0.39, 0.29) is 6.04 Å². The Morgan fingerprint density at radius 2 is 2.20 bits per heavy atom. The molecule has 7 nitrogen and oxygen atoms in total. The smallest absolute Gasteiger partial charge is 0.315 e. The fourth-order valence-corrected chi connectivity index (χ4v) is 1.70. The van der Waals surface area contributed by atoms with Crippen LogP contribution in [0.3, 0.4) is 0 Å². The highest BCUT2D eigenvalue weighted by atomic mass is 16.4. The Hall–Kier alpha value is -2.02. The van der Waals surface area contributed by atoms with E-state index in [1.165, 1.54) is 0 Å². The predicted molar refractivity (Wildman–Crippen MR) is 75.1 cm³/mol. The van der Waals surface area contributed by atoms with E-state index in [1.54, 1.807) is 6.20 Å². The lowest BCUT2D eigenvalue weighted by Gasteiger charge is -2.07. The van der Waals surface area contributed by atoms with Gasteiger partial charge in [-0.2, -0.15) is 0 Å². The highest BCUT2D eigenvalue weighted by molar-refractivity contribution is 5.19. The number of hydrogen-bond acceptors (Lipinski definition) is 7. The van der Waals surface area contributed by atoms with Gasteiger partial charge in [-0.1, -0.05) is 12.0 Å². The molecule has 1 unspecified atom stereocenters. The summed E-state index contributed by atoms with van der Waals surface area (Å²) < 4.78 is 5.56. The lowest BCUT2D eigenvalue weighted by Crippen LogP contribution is -2.19. The first-order valence-electron chi connectivity index (χ1n) is 6.78. The molecule has 0 aromatic carbocycles. The molecule has 20 heavy (non-hydrogen) atoms. The van der Waals surface area contributed by atoms with E-state index in [9.17, 15) is 0 Å². The molecule has 2 N–H and O–H groups in total. The van der Waals surface area contributed by atoms with Crippen LogP contribution in [-0.4, -0.2) is 26.7 Å². The summed E-state index contributed by atoms with van der Waals surface area (Å²) in [5.41, 5.74) is 0.884. The van der Waals surface area contributed by atoms with Gasteiger partial charge < -0.3 is 15.1 Å². The third kappa shape index (κ3) is 3.99. The molecule has 0 fully saturated rings. The first-order chi connectivity index (χ1) is 9.69. The van der Waals surface area contributed by atoms with Crippen LogP contribution in [0.1, 0.15) is 43.7 Å². The van der Waals surface area contributed by atoms with Crippen molar-refractivity contribution in [2.45, 2.75) is 39.8 Å². The second-order valence-electron chi connectivity index (χ2n) is 4.57. The van der Waals surface area contributed by atoms with Crippen molar-refractivity contribution >= 4 is 6.01 Å². The van der Waals surface area contributed by atoms with Crippen LogP contribution in [0, 0.1) is 6.92 Å². The highest BCUT2D eigenvalue weighted by Gasteiger charge is 2.12. The summed E-state index contributed by atoms with van der Waals surface area (Å²) in [5.74, 6) is 1.33. The summed E-state index contributed by atoms with van der Waals surface area (Å²) >= 11 is 0. The average molecular weight is 276 g/mol. The van der Waals surface area contributed by atoms with Crippen LogP contribution in [0.25, 0.3) is 0 Å². The van der Waals surface area contributed by atoms with Gasteiger partial charge in [0.1, 0.15) is 5.82 Å². The van der Waals surface area contributed by atoms with Gasteiger partial charge in [-0.05, 0) is 32.9 Å². The van der Waals surface area contributed by atoms with Crippen molar-refractivity contribution in [2.75, 3.05) is 11.9 Å². The van der Waals surface area contributed by atoms with E-state index < -0.39 is 0 Å². The first-order valence-corrected chi connectivity index (χ1v) is 6.78. The standard InChI is InChI=1S/C13H20N6O/c1-4-6-14-9(2)12-18-19-13(20-12)16-8-11-5-7-15-10(3)17-11/h5,7,9,14H,4,6,8H2,1-3H3,(H,16,19). The molecule has 0 spiro atoms. The van der Waals surface area contributed by atoms with Crippen molar-refractivity contribution in [3.8, 4) is 0 Å². The van der Waals surface area contributed by atoms with Gasteiger partial charge in [-0.25, -0.2) is 9.97 Å². The zero-order valence-corrected chi connectivity index (χ0v) is 12.1. The lowest BCUT2D eigenvalue weighted by atomic mass is 10.3. The molecule has 1 atom stereocenters. The molecule has 2 heterocycles. The summed E-state index contributed by atoms with van der Waals surface area (Å²) in [6, 6.07) is 2.31. The Kier molecular flexibility index (Phi) is 5.00. The minimum absolute atomic E-state index is 0.0549. The van der Waals surface area contributed by atoms with Crippen molar-refractivity contribution in [3.05, 3.63) is 29.7 Å². The third-order valence-corrected chi connectivity index (χ3v) is 2.77. The van der Waals surface area contributed by atoms with Crippen LogP contribution in [0.15, 0.2) is 16.7 Å². The normalized spacial score (nSPS) is 12.3. The molecule has 0 bridgehead atoms. The van der Waals surface area contributed by atoms with E-state index in [1.807, 2.05) is 19.9 Å². The Morgan fingerprint density at radius 1 is 1.35 bits per heavy atom. The van der Waals surface area contributed by atoms with Crippen LogP contribution >= 0.6 is 0 Å². The fourth-order valence-electron chi connectivity index (χ4n) is 1.70. The van der Waals surface area contributed by atoms with Crippen molar-refractivity contribution in [1.82, 2.24) is 25.5 Å². The second-order valence-corrected chi connectivity index (χ2v) is 4.57. The quantitative estimate of drug-likeness (QED) is 0.797. The molecular weight excluding hydrogens is 256 g/mol. The van der Waals surface area contributed by atoms with Gasteiger partial charge in [0, 0.05) is 6.20 Å². The minimum atomic E-state index is 0.0549. The summed E-state index contributed by atoms with van der Waals surface area (Å²) in [7, 11) is 0. The zero-order chi connectivity index (χ0) is 14.4. The Labute approximate surface area is 118 Å². The van der Waals surface area contributed by atoms with Crippen LogP contribution in [0.4, 0.5) is 6.01 Å². The molecule has 0 radical (unpaired) electrons. The van der Waals surface area contributed by atoms with Crippen LogP contribution in [-0.2, 0) is 6.54 Å². The molecule has 2 aromatic rings. The van der Waals surface area contributed by atoms with Gasteiger partial charge in [0.25, 0.3) is 0 Å². The zero-order valence-electron chi connectivity index (χ0n) is 12.1. The maximum atomic E-state index is 5.56. The summed E-state index contributed by atoms with van der Waals surface area (Å²) in [6.07, 6.45) is 2.80. The van der Waals surface area contributed by atoms with E-state index in [2.05, 4.69) is 37.7 Å². The molecular formula is C13H20N6O. The molecule has 0 amide bonds. The van der Waals surface area contributed by atoms with Gasteiger partial charge in [0.2, 0.25) is 5.89 Å². The van der Waals surface area contributed by atoms with Crippen molar-refractivity contribution in [3.63, 3.8) is 0 Å². The molecule has 0 aliphatic carbocycles. The third-order valence-electron chi connectivity index (χ3n) is 2.77. The summed E-state index contributed by atoms with van der Waals surface area (Å²) in [5, 5.41) is 14.4. The van der Waals surface area contributed by atoms with Gasteiger partial charge in [0.05, 0.1) is 18.3 Å². The Morgan fingerprint density at radius 3 is 2.95 bits per heavy atom. The fraction of sp³-hybridized carbons (Fsp3) is 0.538.